The van der Waals surface area contributed by atoms with Gasteiger partial charge in [0, 0.05) is 5.69 Å². The number of nitrogens with one attached hydrogen (secondary N) is 1. The van der Waals surface area contributed by atoms with Gasteiger partial charge in [0.15, 0.2) is 0 Å². The van der Waals surface area contributed by atoms with Crippen molar-refractivity contribution in [3.05, 3.63) is 47.5 Å². The highest BCUT2D eigenvalue weighted by atomic mass is 35.5. The molecular formula is C11H8ClN3O2. The van der Waals surface area contributed by atoms with Crippen LogP contribution in [0.15, 0.2) is 36.7 Å². The molecule has 5 nitrogen and oxygen atoms in total. The summed E-state index contributed by atoms with van der Waals surface area (Å²) in [6, 6.07) is 6.11. The number of phenols is 1. The number of carbonyl (C=O) groups excluding carboxylic acids is 1. The summed E-state index contributed by atoms with van der Waals surface area (Å²) in [4.78, 5) is 19.3. The SMILES string of the molecule is O=C(Nc1ccc(O)cc1)c1cnc(Cl)cn1. The maximum atomic E-state index is 11.7. The molecule has 17 heavy (non-hydrogen) atoms. The molecule has 1 aromatic heterocycles. The summed E-state index contributed by atoms with van der Waals surface area (Å²) in [6.45, 7) is 0. The number of benzene rings is 1. The molecule has 1 aromatic carbocycles. The number of phenolic OH excluding ortho intramolecular Hbond substituents is 1. The molecule has 0 aliphatic heterocycles. The first kappa shape index (κ1) is 11.3. The van der Waals surface area contributed by atoms with E-state index in [4.69, 9.17) is 16.7 Å². The molecule has 0 saturated carbocycles. The molecule has 86 valence electrons. The van der Waals surface area contributed by atoms with Gasteiger partial charge in [0.2, 0.25) is 0 Å². The zero-order valence-corrected chi connectivity index (χ0v) is 9.35. The molecule has 2 N–H and O–H groups in total. The van der Waals surface area contributed by atoms with Gasteiger partial charge in [-0.2, -0.15) is 0 Å². The number of nitrogens with zero attached hydrogens (tertiary/aromatic N) is 2. The predicted molar refractivity (Wildman–Crippen MR) is 63.1 cm³/mol. The standard InChI is InChI=1S/C11H8ClN3O2/c12-10-6-13-9(5-14-10)11(17)15-7-1-3-8(16)4-2-7/h1-6,16H,(H,15,17). The van der Waals surface area contributed by atoms with Gasteiger partial charge in [-0.25, -0.2) is 9.97 Å². The number of aromatic nitrogens is 2. The van der Waals surface area contributed by atoms with Gasteiger partial charge in [0.25, 0.3) is 5.91 Å². The van der Waals surface area contributed by atoms with Gasteiger partial charge in [-0.05, 0) is 24.3 Å². The average Bonchev–Trinajstić information content (AvgIpc) is 2.33. The Morgan fingerprint density at radius 2 is 1.88 bits per heavy atom. The Labute approximate surface area is 102 Å². The van der Waals surface area contributed by atoms with E-state index in [1.54, 1.807) is 12.1 Å². The summed E-state index contributed by atoms with van der Waals surface area (Å²) in [5, 5.41) is 11.9. The summed E-state index contributed by atoms with van der Waals surface area (Å²) in [7, 11) is 0. The lowest BCUT2D eigenvalue weighted by molar-refractivity contribution is 0.102. The highest BCUT2D eigenvalue weighted by molar-refractivity contribution is 6.29. The van der Waals surface area contributed by atoms with E-state index in [9.17, 15) is 4.79 Å². The van der Waals surface area contributed by atoms with Crippen LogP contribution >= 0.6 is 11.6 Å². The van der Waals surface area contributed by atoms with Crippen molar-refractivity contribution in [2.75, 3.05) is 5.32 Å². The molecular weight excluding hydrogens is 242 g/mol. The fraction of sp³-hybridized carbons (Fsp3) is 0. The number of carbonyl (C=O) groups is 1. The van der Waals surface area contributed by atoms with Crippen molar-refractivity contribution in [1.82, 2.24) is 9.97 Å². The van der Waals surface area contributed by atoms with Gasteiger partial charge in [-0.15, -0.1) is 0 Å². The molecule has 0 spiro atoms. The molecule has 6 heteroatoms. The number of halogens is 1. The molecule has 0 atom stereocenters. The molecule has 0 bridgehead atoms. The van der Waals surface area contributed by atoms with E-state index < -0.39 is 0 Å². The van der Waals surface area contributed by atoms with Crippen molar-refractivity contribution in [3.8, 4) is 5.75 Å². The normalized spacial score (nSPS) is 9.94. The lowest BCUT2D eigenvalue weighted by Crippen LogP contribution is -2.13. The quantitative estimate of drug-likeness (QED) is 0.799. The van der Waals surface area contributed by atoms with Crippen molar-refractivity contribution in [2.45, 2.75) is 0 Å². The largest absolute Gasteiger partial charge is 0.508 e. The highest BCUT2D eigenvalue weighted by Crippen LogP contribution is 2.14. The minimum Gasteiger partial charge on any atom is -0.508 e. The lowest BCUT2D eigenvalue weighted by Gasteiger charge is -2.04. The van der Waals surface area contributed by atoms with Crippen LogP contribution in [0.25, 0.3) is 0 Å². The van der Waals surface area contributed by atoms with Crippen molar-refractivity contribution < 1.29 is 9.90 Å². The van der Waals surface area contributed by atoms with Gasteiger partial charge in [-0.3, -0.25) is 4.79 Å². The number of amides is 1. The molecule has 0 radical (unpaired) electrons. The van der Waals surface area contributed by atoms with Crippen molar-refractivity contribution in [3.63, 3.8) is 0 Å². The molecule has 2 rings (SSSR count). The zero-order valence-electron chi connectivity index (χ0n) is 8.59. The van der Waals surface area contributed by atoms with E-state index in [1.165, 1.54) is 24.5 Å². The summed E-state index contributed by atoms with van der Waals surface area (Å²) in [5.74, 6) is -0.255. The number of hydrogen-bond donors (Lipinski definition) is 2. The fourth-order valence-electron chi connectivity index (χ4n) is 1.17. The third-order valence-corrected chi connectivity index (χ3v) is 2.17. The number of rotatable bonds is 2. The summed E-state index contributed by atoms with van der Waals surface area (Å²) < 4.78 is 0. The molecule has 0 fully saturated rings. The second-order valence-corrected chi connectivity index (χ2v) is 3.61. The Kier molecular flexibility index (Phi) is 3.20. The fourth-order valence-corrected chi connectivity index (χ4v) is 1.27. The van der Waals surface area contributed by atoms with E-state index in [1.807, 2.05) is 0 Å². The van der Waals surface area contributed by atoms with Gasteiger partial charge in [0.05, 0.1) is 12.4 Å². The Balaban J connectivity index is 2.11. The minimum atomic E-state index is -0.389. The van der Waals surface area contributed by atoms with E-state index in [2.05, 4.69) is 15.3 Å². The molecule has 0 aliphatic rings. The van der Waals surface area contributed by atoms with Crippen LogP contribution in [0.4, 0.5) is 5.69 Å². The lowest BCUT2D eigenvalue weighted by atomic mass is 10.3. The van der Waals surface area contributed by atoms with E-state index in [-0.39, 0.29) is 22.5 Å². The number of hydrogen-bond acceptors (Lipinski definition) is 4. The van der Waals surface area contributed by atoms with Crippen LogP contribution in [-0.4, -0.2) is 21.0 Å². The van der Waals surface area contributed by atoms with E-state index >= 15 is 0 Å². The summed E-state index contributed by atoms with van der Waals surface area (Å²) >= 11 is 5.56. The first-order valence-electron chi connectivity index (χ1n) is 4.73. The minimum absolute atomic E-state index is 0.134. The highest BCUT2D eigenvalue weighted by Gasteiger charge is 2.07. The number of aromatic hydroxyl groups is 1. The topological polar surface area (TPSA) is 75.1 Å². The Morgan fingerprint density at radius 1 is 1.18 bits per heavy atom. The maximum absolute atomic E-state index is 11.7. The van der Waals surface area contributed by atoms with E-state index in [0.717, 1.165) is 0 Å². The zero-order chi connectivity index (χ0) is 12.3. The van der Waals surface area contributed by atoms with Crippen LogP contribution in [0.1, 0.15) is 10.5 Å². The Bertz CT molecular complexity index is 525. The average molecular weight is 250 g/mol. The first-order valence-corrected chi connectivity index (χ1v) is 5.11. The van der Waals surface area contributed by atoms with Gasteiger partial charge < -0.3 is 10.4 Å². The first-order chi connectivity index (χ1) is 8.15. The molecule has 2 aromatic rings. The van der Waals surface area contributed by atoms with Crippen molar-refractivity contribution in [1.29, 1.82) is 0 Å². The third-order valence-electron chi connectivity index (χ3n) is 1.98. The van der Waals surface area contributed by atoms with Crippen LogP contribution in [-0.2, 0) is 0 Å². The van der Waals surface area contributed by atoms with Gasteiger partial charge in [-0.1, -0.05) is 11.6 Å². The smallest absolute Gasteiger partial charge is 0.275 e. The van der Waals surface area contributed by atoms with Crippen molar-refractivity contribution >= 4 is 23.2 Å². The second kappa shape index (κ2) is 4.80. The monoisotopic (exact) mass is 249 g/mol. The number of anilines is 1. The van der Waals surface area contributed by atoms with Gasteiger partial charge >= 0.3 is 0 Å². The molecule has 0 aliphatic carbocycles. The molecule has 1 heterocycles. The van der Waals surface area contributed by atoms with Crippen LogP contribution in [0, 0.1) is 0 Å². The Morgan fingerprint density at radius 3 is 2.47 bits per heavy atom. The van der Waals surface area contributed by atoms with Crippen LogP contribution in [0.5, 0.6) is 5.75 Å². The summed E-state index contributed by atoms with van der Waals surface area (Å²) in [6.07, 6.45) is 2.59. The molecule has 1 amide bonds. The van der Waals surface area contributed by atoms with Crippen LogP contribution < -0.4 is 5.32 Å². The maximum Gasteiger partial charge on any atom is 0.275 e. The van der Waals surface area contributed by atoms with E-state index in [0.29, 0.717) is 5.69 Å². The summed E-state index contributed by atoms with van der Waals surface area (Å²) in [5.41, 5.74) is 0.729. The van der Waals surface area contributed by atoms with Crippen LogP contribution in [0.2, 0.25) is 5.15 Å². The van der Waals surface area contributed by atoms with Crippen molar-refractivity contribution in [2.24, 2.45) is 0 Å². The van der Waals surface area contributed by atoms with Gasteiger partial charge in [0.1, 0.15) is 16.6 Å². The Hall–Kier alpha value is -2.14. The third kappa shape index (κ3) is 2.92. The molecule has 0 unspecified atom stereocenters. The van der Waals surface area contributed by atoms with Crippen LogP contribution in [0.3, 0.4) is 0 Å². The predicted octanol–water partition coefficient (Wildman–Crippen LogP) is 2.09. The molecule has 0 saturated heterocycles. The second-order valence-electron chi connectivity index (χ2n) is 3.23.